The molecule has 0 fully saturated rings. The monoisotopic (exact) mass is 340 g/mol. The van der Waals surface area contributed by atoms with Crippen molar-refractivity contribution in [1.82, 2.24) is 4.90 Å². The summed E-state index contributed by atoms with van der Waals surface area (Å²) in [6.45, 7) is 1.68. The fourth-order valence-electron chi connectivity index (χ4n) is 2.26. The Kier molecular flexibility index (Phi) is 5.85. The van der Waals surface area contributed by atoms with Gasteiger partial charge in [0.2, 0.25) is 0 Å². The lowest BCUT2D eigenvalue weighted by Gasteiger charge is -2.21. The Morgan fingerprint density at radius 2 is 1.92 bits per heavy atom. The Balaban J connectivity index is 1.96. The summed E-state index contributed by atoms with van der Waals surface area (Å²) < 4.78 is 18.4. The summed E-state index contributed by atoms with van der Waals surface area (Å²) in [7, 11) is 1.55. The number of ether oxygens (including phenoxy) is 1. The quantitative estimate of drug-likeness (QED) is 0.785. The van der Waals surface area contributed by atoms with Crippen LogP contribution < -0.4 is 0 Å². The smallest absolute Gasteiger partial charge is 0.338 e. The second-order valence-corrected chi connectivity index (χ2v) is 5.56. The molecule has 128 valence electrons. The van der Waals surface area contributed by atoms with Gasteiger partial charge >= 0.3 is 5.97 Å². The van der Waals surface area contributed by atoms with E-state index in [1.165, 1.54) is 48.2 Å². The summed E-state index contributed by atoms with van der Waals surface area (Å²) >= 11 is 0. The number of esters is 1. The van der Waals surface area contributed by atoms with E-state index in [4.69, 9.17) is 10.00 Å². The molecule has 0 unspecified atom stereocenters. The molecule has 0 aliphatic heterocycles. The molecule has 0 aromatic heterocycles. The highest BCUT2D eigenvalue weighted by molar-refractivity contribution is 5.92. The van der Waals surface area contributed by atoms with Crippen LogP contribution in [0.4, 0.5) is 4.39 Å². The largest absolute Gasteiger partial charge is 0.449 e. The zero-order chi connectivity index (χ0) is 18.4. The highest BCUT2D eigenvalue weighted by atomic mass is 19.1. The molecule has 0 radical (unpaired) electrons. The van der Waals surface area contributed by atoms with Crippen LogP contribution >= 0.6 is 0 Å². The van der Waals surface area contributed by atoms with Crippen LogP contribution in [0.2, 0.25) is 0 Å². The van der Waals surface area contributed by atoms with E-state index in [0.29, 0.717) is 11.1 Å². The number of nitriles is 1. The highest BCUT2D eigenvalue weighted by Crippen LogP contribution is 2.10. The van der Waals surface area contributed by atoms with Crippen LogP contribution in [-0.2, 0) is 16.1 Å². The zero-order valence-corrected chi connectivity index (χ0v) is 13.9. The molecule has 2 rings (SSSR count). The molecule has 0 bridgehead atoms. The Bertz CT molecular complexity index is 812. The van der Waals surface area contributed by atoms with Gasteiger partial charge in [0.15, 0.2) is 6.10 Å². The van der Waals surface area contributed by atoms with Gasteiger partial charge in [-0.25, -0.2) is 9.18 Å². The van der Waals surface area contributed by atoms with Crippen molar-refractivity contribution in [2.45, 2.75) is 19.6 Å². The van der Waals surface area contributed by atoms with Crippen LogP contribution in [-0.4, -0.2) is 29.9 Å². The minimum atomic E-state index is -0.985. The number of likely N-dealkylation sites (N-methyl/N-ethyl adjacent to an activating group) is 1. The fourth-order valence-corrected chi connectivity index (χ4v) is 2.26. The van der Waals surface area contributed by atoms with Crippen LogP contribution in [0.5, 0.6) is 0 Å². The molecule has 0 N–H and O–H groups in total. The maximum absolute atomic E-state index is 13.2. The van der Waals surface area contributed by atoms with Crippen LogP contribution in [0.3, 0.4) is 0 Å². The lowest BCUT2D eigenvalue weighted by atomic mass is 10.1. The van der Waals surface area contributed by atoms with Crippen molar-refractivity contribution in [3.63, 3.8) is 0 Å². The highest BCUT2D eigenvalue weighted by Gasteiger charge is 2.22. The third-order valence-corrected chi connectivity index (χ3v) is 3.57. The van der Waals surface area contributed by atoms with Crippen molar-refractivity contribution in [1.29, 1.82) is 5.26 Å². The van der Waals surface area contributed by atoms with Crippen molar-refractivity contribution in [3.05, 3.63) is 71.0 Å². The summed E-state index contributed by atoms with van der Waals surface area (Å²) in [5, 5.41) is 8.74. The van der Waals surface area contributed by atoms with Crippen molar-refractivity contribution >= 4 is 11.9 Å². The van der Waals surface area contributed by atoms with Crippen LogP contribution in [0.15, 0.2) is 48.5 Å². The SMILES string of the molecule is C[C@@H](OC(=O)c1ccc(C#N)cc1)C(=O)N(C)Cc1cccc(F)c1. The number of nitrogens with zero attached hydrogens (tertiary/aromatic N) is 2. The Hall–Kier alpha value is -3.20. The predicted molar refractivity (Wildman–Crippen MR) is 88.9 cm³/mol. The first-order valence-corrected chi connectivity index (χ1v) is 7.61. The summed E-state index contributed by atoms with van der Waals surface area (Å²) in [5.74, 6) is -1.42. The van der Waals surface area contributed by atoms with Gasteiger partial charge in [-0.1, -0.05) is 12.1 Å². The van der Waals surface area contributed by atoms with Crippen LogP contribution in [0, 0.1) is 17.1 Å². The number of benzene rings is 2. The molecule has 2 aromatic rings. The van der Waals surface area contributed by atoms with Crippen molar-refractivity contribution in [3.8, 4) is 6.07 Å². The third kappa shape index (κ3) is 4.88. The molecular weight excluding hydrogens is 323 g/mol. The molecule has 1 amide bonds. The van der Waals surface area contributed by atoms with E-state index in [-0.39, 0.29) is 17.9 Å². The topological polar surface area (TPSA) is 70.4 Å². The molecule has 5 nitrogen and oxygen atoms in total. The summed E-state index contributed by atoms with van der Waals surface area (Å²) in [6.07, 6.45) is -0.985. The van der Waals surface area contributed by atoms with Crippen molar-refractivity contribution < 1.29 is 18.7 Å². The van der Waals surface area contributed by atoms with Gasteiger partial charge in [-0.05, 0) is 48.9 Å². The predicted octanol–water partition coefficient (Wildman–Crippen LogP) is 2.90. The molecule has 0 saturated heterocycles. The summed E-state index contributed by atoms with van der Waals surface area (Å²) in [6, 6.07) is 13.8. The maximum Gasteiger partial charge on any atom is 0.338 e. The number of carbonyl (C=O) groups is 2. The first-order chi connectivity index (χ1) is 11.9. The van der Waals surface area contributed by atoms with Gasteiger partial charge in [-0.15, -0.1) is 0 Å². The number of rotatable bonds is 5. The van der Waals surface area contributed by atoms with Gasteiger partial charge in [0, 0.05) is 13.6 Å². The Labute approximate surface area is 145 Å². The van der Waals surface area contributed by atoms with E-state index < -0.39 is 18.0 Å². The first-order valence-electron chi connectivity index (χ1n) is 7.61. The lowest BCUT2D eigenvalue weighted by Crippen LogP contribution is -2.37. The molecule has 0 saturated carbocycles. The number of carbonyl (C=O) groups excluding carboxylic acids is 2. The van der Waals surface area contributed by atoms with E-state index in [2.05, 4.69) is 0 Å². The normalized spacial score (nSPS) is 11.3. The van der Waals surface area contributed by atoms with E-state index >= 15 is 0 Å². The van der Waals surface area contributed by atoms with Gasteiger partial charge in [0.1, 0.15) is 5.82 Å². The third-order valence-electron chi connectivity index (χ3n) is 3.57. The molecule has 0 aliphatic rings. The fraction of sp³-hybridized carbons (Fsp3) is 0.211. The molecule has 6 heteroatoms. The molecule has 0 heterocycles. The van der Waals surface area contributed by atoms with Gasteiger partial charge in [-0.3, -0.25) is 4.79 Å². The average Bonchev–Trinajstić information content (AvgIpc) is 2.61. The molecular formula is C19H17FN2O3. The minimum absolute atomic E-state index is 0.204. The van der Waals surface area contributed by atoms with E-state index in [1.807, 2.05) is 6.07 Å². The van der Waals surface area contributed by atoms with E-state index in [0.717, 1.165) is 0 Å². The molecule has 2 aromatic carbocycles. The summed E-state index contributed by atoms with van der Waals surface area (Å²) in [4.78, 5) is 25.7. The van der Waals surface area contributed by atoms with Crippen LogP contribution in [0.1, 0.15) is 28.4 Å². The van der Waals surface area contributed by atoms with E-state index in [1.54, 1.807) is 19.2 Å². The molecule has 0 aliphatic carbocycles. The number of halogens is 1. The first kappa shape index (κ1) is 18.1. The number of amides is 1. The Morgan fingerprint density at radius 1 is 1.24 bits per heavy atom. The number of hydrogen-bond donors (Lipinski definition) is 0. The van der Waals surface area contributed by atoms with Gasteiger partial charge in [-0.2, -0.15) is 5.26 Å². The Morgan fingerprint density at radius 3 is 2.52 bits per heavy atom. The molecule has 25 heavy (non-hydrogen) atoms. The second-order valence-electron chi connectivity index (χ2n) is 5.56. The zero-order valence-electron chi connectivity index (χ0n) is 13.9. The van der Waals surface area contributed by atoms with E-state index in [9.17, 15) is 14.0 Å². The van der Waals surface area contributed by atoms with Gasteiger partial charge in [0.05, 0.1) is 17.2 Å². The number of hydrogen-bond acceptors (Lipinski definition) is 4. The molecule has 0 spiro atoms. The van der Waals surface area contributed by atoms with Crippen molar-refractivity contribution in [2.75, 3.05) is 7.05 Å². The van der Waals surface area contributed by atoms with Gasteiger partial charge in [0.25, 0.3) is 5.91 Å². The average molecular weight is 340 g/mol. The van der Waals surface area contributed by atoms with Gasteiger partial charge < -0.3 is 9.64 Å². The standard InChI is InChI=1S/C19H17FN2O3/c1-13(25-19(24)16-8-6-14(11-21)7-9-16)18(23)22(2)12-15-4-3-5-17(20)10-15/h3-10,13H,12H2,1-2H3/t13-/m1/s1. The van der Waals surface area contributed by atoms with Crippen LogP contribution in [0.25, 0.3) is 0 Å². The minimum Gasteiger partial charge on any atom is -0.449 e. The lowest BCUT2D eigenvalue weighted by molar-refractivity contribution is -0.139. The summed E-state index contributed by atoms with van der Waals surface area (Å²) in [5.41, 5.74) is 1.32. The maximum atomic E-state index is 13.2. The second kappa shape index (κ2) is 8.06. The van der Waals surface area contributed by atoms with Crippen molar-refractivity contribution in [2.24, 2.45) is 0 Å². The molecule has 1 atom stereocenters.